The lowest BCUT2D eigenvalue weighted by Gasteiger charge is -2.16. The summed E-state index contributed by atoms with van der Waals surface area (Å²) in [7, 11) is 1.54. The van der Waals surface area contributed by atoms with Crippen molar-refractivity contribution in [2.75, 3.05) is 25.6 Å². The summed E-state index contributed by atoms with van der Waals surface area (Å²) in [6, 6.07) is 12.6. The maximum absolute atomic E-state index is 13.3. The monoisotopic (exact) mass is 442 g/mol. The van der Waals surface area contributed by atoms with Crippen LogP contribution in [0.1, 0.15) is 31.4 Å². The number of nitrogens with zero attached hydrogens (tertiary/aromatic N) is 1. The van der Waals surface area contributed by atoms with Gasteiger partial charge in [-0.2, -0.15) is 0 Å². The topological polar surface area (TPSA) is 67.9 Å². The molecule has 2 amide bonds. The van der Waals surface area contributed by atoms with Crippen LogP contribution < -0.4 is 10.1 Å². The number of benzene rings is 2. The second-order valence-electron chi connectivity index (χ2n) is 7.57. The number of carbonyl (C=O) groups excluding carboxylic acids is 2. The standard InChI is InChI=1S/C24H27ClN2O4/c1-15(2)31-13-7-12-27-23(28)21(18-8-5-6-9-20(18)30-4)22(24(27)29)26-17-11-10-16(3)19(25)14-17/h5-6,8-11,14-15,26H,7,12-13H2,1-4H3. The molecule has 0 saturated carbocycles. The molecular weight excluding hydrogens is 416 g/mol. The van der Waals surface area contributed by atoms with E-state index in [0.717, 1.165) is 5.56 Å². The largest absolute Gasteiger partial charge is 0.496 e. The van der Waals surface area contributed by atoms with E-state index in [0.29, 0.717) is 35.1 Å². The molecule has 3 rings (SSSR count). The summed E-state index contributed by atoms with van der Waals surface area (Å²) in [5, 5.41) is 3.70. The first-order chi connectivity index (χ1) is 14.8. The van der Waals surface area contributed by atoms with Gasteiger partial charge in [0.1, 0.15) is 11.4 Å². The molecule has 0 atom stereocenters. The minimum Gasteiger partial charge on any atom is -0.496 e. The Morgan fingerprint density at radius 3 is 2.52 bits per heavy atom. The number of anilines is 1. The Bertz CT molecular complexity index is 1020. The van der Waals surface area contributed by atoms with E-state index in [2.05, 4.69) is 5.32 Å². The van der Waals surface area contributed by atoms with Gasteiger partial charge >= 0.3 is 0 Å². The van der Waals surface area contributed by atoms with E-state index in [9.17, 15) is 9.59 Å². The van der Waals surface area contributed by atoms with Crippen molar-refractivity contribution in [2.24, 2.45) is 0 Å². The average molecular weight is 443 g/mol. The minimum absolute atomic E-state index is 0.0933. The molecule has 0 unspecified atom stereocenters. The molecular formula is C24H27ClN2O4. The first-order valence-electron chi connectivity index (χ1n) is 10.2. The molecule has 0 radical (unpaired) electrons. The second kappa shape index (κ2) is 9.98. The van der Waals surface area contributed by atoms with Crippen LogP contribution in [0, 0.1) is 6.92 Å². The van der Waals surface area contributed by atoms with Gasteiger partial charge in [0.25, 0.3) is 11.8 Å². The number of imide groups is 1. The lowest BCUT2D eigenvalue weighted by molar-refractivity contribution is -0.137. The van der Waals surface area contributed by atoms with Gasteiger partial charge in [0.05, 0.1) is 18.8 Å². The summed E-state index contributed by atoms with van der Waals surface area (Å²) in [6.45, 7) is 6.53. The number of methoxy groups -OCH3 is 1. The van der Waals surface area contributed by atoms with Crippen molar-refractivity contribution < 1.29 is 19.1 Å². The van der Waals surface area contributed by atoms with Crippen LogP contribution in [0.5, 0.6) is 5.75 Å². The van der Waals surface area contributed by atoms with Gasteiger partial charge in [0.15, 0.2) is 0 Å². The van der Waals surface area contributed by atoms with Gasteiger partial charge < -0.3 is 14.8 Å². The highest BCUT2D eigenvalue weighted by atomic mass is 35.5. The summed E-state index contributed by atoms with van der Waals surface area (Å²) in [4.78, 5) is 27.8. The predicted octanol–water partition coefficient (Wildman–Crippen LogP) is 4.66. The molecule has 0 aromatic heterocycles. The van der Waals surface area contributed by atoms with Crippen LogP contribution in [0.3, 0.4) is 0 Å². The number of amides is 2. The number of nitrogens with one attached hydrogen (secondary N) is 1. The van der Waals surface area contributed by atoms with E-state index in [1.165, 1.54) is 12.0 Å². The molecule has 2 aromatic rings. The molecule has 0 saturated heterocycles. The molecule has 164 valence electrons. The van der Waals surface area contributed by atoms with Crippen molar-refractivity contribution in [1.29, 1.82) is 0 Å². The molecule has 2 aromatic carbocycles. The van der Waals surface area contributed by atoms with Crippen molar-refractivity contribution in [2.45, 2.75) is 33.3 Å². The Morgan fingerprint density at radius 2 is 1.84 bits per heavy atom. The highest BCUT2D eigenvalue weighted by Crippen LogP contribution is 2.35. The number of aryl methyl sites for hydroxylation is 1. The number of hydrogen-bond donors (Lipinski definition) is 1. The number of rotatable bonds is 9. The van der Waals surface area contributed by atoms with Gasteiger partial charge in [0.2, 0.25) is 0 Å². The third-order valence-electron chi connectivity index (χ3n) is 4.96. The third kappa shape index (κ3) is 5.09. The number of halogens is 1. The number of para-hydroxylation sites is 1. The maximum atomic E-state index is 13.3. The maximum Gasteiger partial charge on any atom is 0.278 e. The fourth-order valence-corrected chi connectivity index (χ4v) is 3.53. The van der Waals surface area contributed by atoms with E-state index < -0.39 is 0 Å². The highest BCUT2D eigenvalue weighted by molar-refractivity contribution is 6.37. The quantitative estimate of drug-likeness (QED) is 0.451. The van der Waals surface area contributed by atoms with Crippen molar-refractivity contribution in [3.05, 3.63) is 64.3 Å². The zero-order valence-electron chi connectivity index (χ0n) is 18.2. The fourth-order valence-electron chi connectivity index (χ4n) is 3.35. The van der Waals surface area contributed by atoms with Crippen LogP contribution in [-0.4, -0.2) is 43.1 Å². The highest BCUT2D eigenvalue weighted by Gasteiger charge is 2.39. The van der Waals surface area contributed by atoms with Crippen molar-refractivity contribution in [1.82, 2.24) is 4.90 Å². The van der Waals surface area contributed by atoms with Crippen molar-refractivity contribution in [3.8, 4) is 5.75 Å². The Morgan fingerprint density at radius 1 is 1.10 bits per heavy atom. The van der Waals surface area contributed by atoms with E-state index in [1.807, 2.05) is 45.0 Å². The molecule has 6 nitrogen and oxygen atoms in total. The van der Waals surface area contributed by atoms with Gasteiger partial charge in [0, 0.05) is 29.4 Å². The molecule has 1 aliphatic heterocycles. The lowest BCUT2D eigenvalue weighted by atomic mass is 10.0. The first kappa shape index (κ1) is 22.8. The molecule has 1 N–H and O–H groups in total. The molecule has 31 heavy (non-hydrogen) atoms. The molecule has 0 aliphatic carbocycles. The molecule has 0 fully saturated rings. The fraction of sp³-hybridized carbons (Fsp3) is 0.333. The Balaban J connectivity index is 1.97. The molecule has 0 spiro atoms. The molecule has 1 aliphatic rings. The molecule has 0 bridgehead atoms. The predicted molar refractivity (Wildman–Crippen MR) is 122 cm³/mol. The van der Waals surface area contributed by atoms with Crippen LogP contribution in [0.4, 0.5) is 5.69 Å². The van der Waals surface area contributed by atoms with Crippen LogP contribution in [0.15, 0.2) is 48.2 Å². The average Bonchev–Trinajstić information content (AvgIpc) is 2.97. The summed E-state index contributed by atoms with van der Waals surface area (Å²) >= 11 is 6.25. The third-order valence-corrected chi connectivity index (χ3v) is 5.37. The minimum atomic E-state index is -0.382. The van der Waals surface area contributed by atoms with Crippen LogP contribution in [0.2, 0.25) is 5.02 Å². The van der Waals surface area contributed by atoms with Crippen molar-refractivity contribution in [3.63, 3.8) is 0 Å². The summed E-state index contributed by atoms with van der Waals surface area (Å²) in [5.74, 6) is -0.225. The Kier molecular flexibility index (Phi) is 7.36. The van der Waals surface area contributed by atoms with E-state index in [4.69, 9.17) is 21.1 Å². The normalized spacial score (nSPS) is 14.1. The lowest BCUT2D eigenvalue weighted by Crippen LogP contribution is -2.34. The van der Waals surface area contributed by atoms with Crippen LogP contribution in [0.25, 0.3) is 5.57 Å². The second-order valence-corrected chi connectivity index (χ2v) is 7.98. The SMILES string of the molecule is COc1ccccc1C1=C(Nc2ccc(C)c(Cl)c2)C(=O)N(CCCOC(C)C)C1=O. The number of hydrogen-bond acceptors (Lipinski definition) is 5. The Hall–Kier alpha value is -2.83. The number of carbonyl (C=O) groups is 2. The zero-order chi connectivity index (χ0) is 22.5. The number of ether oxygens (including phenoxy) is 2. The van der Waals surface area contributed by atoms with Gasteiger partial charge in [-0.15, -0.1) is 0 Å². The summed E-state index contributed by atoms with van der Waals surface area (Å²) in [6.07, 6.45) is 0.647. The molecule has 7 heteroatoms. The van der Waals surface area contributed by atoms with Gasteiger partial charge in [-0.3, -0.25) is 14.5 Å². The van der Waals surface area contributed by atoms with E-state index in [1.54, 1.807) is 18.2 Å². The summed E-state index contributed by atoms with van der Waals surface area (Å²) in [5.41, 5.74) is 2.60. The van der Waals surface area contributed by atoms with Gasteiger partial charge in [-0.1, -0.05) is 35.9 Å². The van der Waals surface area contributed by atoms with E-state index in [-0.39, 0.29) is 35.7 Å². The molecule has 1 heterocycles. The van der Waals surface area contributed by atoms with E-state index >= 15 is 0 Å². The van der Waals surface area contributed by atoms with Crippen molar-refractivity contribution >= 4 is 34.7 Å². The smallest absolute Gasteiger partial charge is 0.278 e. The van der Waals surface area contributed by atoms with Crippen LogP contribution in [-0.2, 0) is 14.3 Å². The van der Waals surface area contributed by atoms with Gasteiger partial charge in [-0.05, 0) is 51.0 Å². The Labute approximate surface area is 187 Å². The van der Waals surface area contributed by atoms with Gasteiger partial charge in [-0.25, -0.2) is 0 Å². The zero-order valence-corrected chi connectivity index (χ0v) is 19.0. The first-order valence-corrected chi connectivity index (χ1v) is 10.6. The van der Waals surface area contributed by atoms with Crippen LogP contribution >= 0.6 is 11.6 Å². The summed E-state index contributed by atoms with van der Waals surface area (Å²) < 4.78 is 11.0.